The van der Waals surface area contributed by atoms with Crippen molar-refractivity contribution in [3.05, 3.63) is 35.2 Å². The van der Waals surface area contributed by atoms with Crippen LogP contribution in [0.15, 0.2) is 18.2 Å². The number of aryl methyl sites for hydroxylation is 1. The third-order valence-electron chi connectivity index (χ3n) is 3.23. The van der Waals surface area contributed by atoms with E-state index >= 15 is 0 Å². The van der Waals surface area contributed by atoms with Crippen molar-refractivity contribution in [2.45, 2.75) is 32.7 Å². The molecule has 1 amide bonds. The van der Waals surface area contributed by atoms with Crippen LogP contribution in [0.3, 0.4) is 0 Å². The second-order valence-corrected chi connectivity index (χ2v) is 4.77. The summed E-state index contributed by atoms with van der Waals surface area (Å²) in [5.74, 6) is 1.07. The quantitative estimate of drug-likeness (QED) is 0.845. The van der Waals surface area contributed by atoms with Crippen LogP contribution < -0.4 is 10.1 Å². The number of carbonyl (C=O) groups is 1. The number of nitrogens with zero attached hydrogens (tertiary/aromatic N) is 3. The van der Waals surface area contributed by atoms with Gasteiger partial charge in [0.2, 0.25) is 0 Å². The maximum absolute atomic E-state index is 12.4. The Hall–Kier alpha value is -2.44. The number of aromatic nitrogens is 4. The minimum atomic E-state index is -0.247. The molecule has 0 aliphatic heterocycles. The Kier molecular flexibility index (Phi) is 4.86. The summed E-state index contributed by atoms with van der Waals surface area (Å²) in [5, 5.41) is 16.8. The molecule has 0 bridgehead atoms. The largest absolute Gasteiger partial charge is 0.497 e. The van der Waals surface area contributed by atoms with Gasteiger partial charge in [-0.2, -0.15) is 5.21 Å². The molecule has 2 N–H and O–H groups in total. The molecule has 112 valence electrons. The van der Waals surface area contributed by atoms with Gasteiger partial charge < -0.3 is 10.1 Å². The van der Waals surface area contributed by atoms with Gasteiger partial charge in [-0.15, -0.1) is 10.2 Å². The molecule has 1 heterocycles. The molecule has 0 unspecified atom stereocenters. The van der Waals surface area contributed by atoms with Crippen molar-refractivity contribution in [2.75, 3.05) is 7.11 Å². The van der Waals surface area contributed by atoms with Crippen molar-refractivity contribution in [3.8, 4) is 5.75 Å². The highest BCUT2D eigenvalue weighted by molar-refractivity contribution is 5.96. The van der Waals surface area contributed by atoms with E-state index in [-0.39, 0.29) is 11.9 Å². The predicted molar refractivity (Wildman–Crippen MR) is 77.0 cm³/mol. The van der Waals surface area contributed by atoms with Crippen LogP contribution in [-0.2, 0) is 0 Å². The highest BCUT2D eigenvalue weighted by atomic mass is 16.5. The molecule has 7 heteroatoms. The van der Waals surface area contributed by atoms with Crippen molar-refractivity contribution in [1.82, 2.24) is 25.9 Å². The number of rotatable bonds is 6. The monoisotopic (exact) mass is 289 g/mol. The van der Waals surface area contributed by atoms with Gasteiger partial charge in [-0.05, 0) is 37.1 Å². The fourth-order valence-electron chi connectivity index (χ4n) is 2.13. The summed E-state index contributed by atoms with van der Waals surface area (Å²) in [5.41, 5.74) is 1.47. The van der Waals surface area contributed by atoms with Crippen molar-refractivity contribution in [1.29, 1.82) is 0 Å². The van der Waals surface area contributed by atoms with E-state index in [0.717, 1.165) is 24.2 Å². The maximum Gasteiger partial charge on any atom is 0.252 e. The smallest absolute Gasteiger partial charge is 0.252 e. The van der Waals surface area contributed by atoms with E-state index in [1.807, 2.05) is 19.9 Å². The van der Waals surface area contributed by atoms with Crippen LogP contribution in [0.4, 0.5) is 0 Å². The Morgan fingerprint density at radius 1 is 1.48 bits per heavy atom. The zero-order valence-electron chi connectivity index (χ0n) is 12.4. The topological polar surface area (TPSA) is 92.8 Å². The Labute approximate surface area is 123 Å². The molecule has 2 rings (SSSR count). The average Bonchev–Trinajstić information content (AvgIpc) is 3.00. The second-order valence-electron chi connectivity index (χ2n) is 4.77. The number of H-pyrrole nitrogens is 1. The normalized spacial score (nSPS) is 12.0. The van der Waals surface area contributed by atoms with E-state index in [9.17, 15) is 4.79 Å². The van der Waals surface area contributed by atoms with Gasteiger partial charge in [0.1, 0.15) is 5.75 Å². The van der Waals surface area contributed by atoms with Gasteiger partial charge in [0.15, 0.2) is 5.82 Å². The Balaban J connectivity index is 2.15. The summed E-state index contributed by atoms with van der Waals surface area (Å²) in [4.78, 5) is 12.4. The number of tetrazole rings is 1. The minimum absolute atomic E-state index is 0.154. The van der Waals surface area contributed by atoms with E-state index in [1.54, 1.807) is 19.2 Å². The van der Waals surface area contributed by atoms with Crippen LogP contribution in [0.5, 0.6) is 5.75 Å². The van der Waals surface area contributed by atoms with Gasteiger partial charge in [0, 0.05) is 5.56 Å². The lowest BCUT2D eigenvalue weighted by atomic mass is 10.1. The van der Waals surface area contributed by atoms with Crippen molar-refractivity contribution >= 4 is 5.91 Å². The lowest BCUT2D eigenvalue weighted by Gasteiger charge is -2.15. The van der Waals surface area contributed by atoms with Gasteiger partial charge >= 0.3 is 0 Å². The lowest BCUT2D eigenvalue weighted by Crippen LogP contribution is -2.29. The minimum Gasteiger partial charge on any atom is -0.497 e. The number of hydrogen-bond donors (Lipinski definition) is 2. The number of nitrogens with one attached hydrogen (secondary N) is 2. The predicted octanol–water partition coefficient (Wildman–Crippen LogP) is 1.79. The van der Waals surface area contributed by atoms with Crippen LogP contribution in [-0.4, -0.2) is 33.6 Å². The first kappa shape index (κ1) is 15.0. The van der Waals surface area contributed by atoms with Crippen LogP contribution >= 0.6 is 0 Å². The highest BCUT2D eigenvalue weighted by Gasteiger charge is 2.19. The van der Waals surface area contributed by atoms with Crippen molar-refractivity contribution in [3.63, 3.8) is 0 Å². The molecule has 1 aromatic carbocycles. The van der Waals surface area contributed by atoms with Crippen molar-refractivity contribution in [2.24, 2.45) is 0 Å². The summed E-state index contributed by atoms with van der Waals surface area (Å²) >= 11 is 0. The van der Waals surface area contributed by atoms with E-state index < -0.39 is 0 Å². The van der Waals surface area contributed by atoms with E-state index in [4.69, 9.17) is 4.74 Å². The van der Waals surface area contributed by atoms with Gasteiger partial charge in [-0.25, -0.2) is 0 Å². The summed E-state index contributed by atoms with van der Waals surface area (Å²) in [7, 11) is 1.60. The Morgan fingerprint density at radius 2 is 2.29 bits per heavy atom. The molecule has 0 saturated heterocycles. The second kappa shape index (κ2) is 6.83. The molecule has 0 saturated carbocycles. The van der Waals surface area contributed by atoms with Crippen LogP contribution in [0.2, 0.25) is 0 Å². The third kappa shape index (κ3) is 3.56. The van der Waals surface area contributed by atoms with Crippen LogP contribution in [0.1, 0.15) is 47.6 Å². The zero-order chi connectivity index (χ0) is 15.2. The van der Waals surface area contributed by atoms with Gasteiger partial charge in [-0.3, -0.25) is 4.79 Å². The molecule has 21 heavy (non-hydrogen) atoms. The maximum atomic E-state index is 12.4. The van der Waals surface area contributed by atoms with E-state index in [1.165, 1.54) is 0 Å². The number of hydrogen-bond acceptors (Lipinski definition) is 5. The molecule has 2 aromatic rings. The fraction of sp³-hybridized carbons (Fsp3) is 0.429. The van der Waals surface area contributed by atoms with E-state index in [2.05, 4.69) is 25.9 Å². The molecule has 1 atom stereocenters. The summed E-state index contributed by atoms with van der Waals surface area (Å²) in [6, 6.07) is 5.11. The lowest BCUT2D eigenvalue weighted by molar-refractivity contribution is 0.0932. The fourth-order valence-corrected chi connectivity index (χ4v) is 2.13. The summed E-state index contributed by atoms with van der Waals surface area (Å²) in [6.07, 6.45) is 1.65. The number of carbonyl (C=O) groups excluding carboxylic acids is 1. The van der Waals surface area contributed by atoms with Gasteiger partial charge in [0.05, 0.1) is 13.2 Å². The number of aromatic amines is 1. The number of methoxy groups -OCH3 is 1. The first-order chi connectivity index (χ1) is 10.2. The molecule has 0 aliphatic rings. The summed E-state index contributed by atoms with van der Waals surface area (Å²) < 4.78 is 5.14. The van der Waals surface area contributed by atoms with Gasteiger partial charge in [-0.1, -0.05) is 18.6 Å². The van der Waals surface area contributed by atoms with Crippen LogP contribution in [0, 0.1) is 6.92 Å². The molecular weight excluding hydrogens is 270 g/mol. The first-order valence-corrected chi connectivity index (χ1v) is 6.84. The molecule has 0 spiro atoms. The number of ether oxygens (including phenoxy) is 1. The standard InChI is InChI=1S/C14H19N5O2/c1-4-5-12(13-16-18-19-17-13)15-14(20)11-7-6-10(21-3)8-9(11)2/h6-8,12H,4-5H2,1-3H3,(H,15,20)(H,16,17,18,19)/t12-/m1/s1. The van der Waals surface area contributed by atoms with E-state index in [0.29, 0.717) is 11.4 Å². The Morgan fingerprint density at radius 3 is 2.86 bits per heavy atom. The molecule has 1 aromatic heterocycles. The molecule has 7 nitrogen and oxygen atoms in total. The zero-order valence-corrected chi connectivity index (χ0v) is 12.4. The first-order valence-electron chi connectivity index (χ1n) is 6.84. The molecule has 0 radical (unpaired) electrons. The highest BCUT2D eigenvalue weighted by Crippen LogP contribution is 2.19. The number of amides is 1. The molecular formula is C14H19N5O2. The SMILES string of the molecule is CCC[C@@H](NC(=O)c1ccc(OC)cc1C)c1nn[nH]n1. The molecule has 0 aliphatic carbocycles. The Bertz CT molecular complexity index is 597. The summed E-state index contributed by atoms with van der Waals surface area (Å²) in [6.45, 7) is 3.92. The number of benzene rings is 1. The van der Waals surface area contributed by atoms with Crippen LogP contribution in [0.25, 0.3) is 0 Å². The van der Waals surface area contributed by atoms with Crippen molar-refractivity contribution < 1.29 is 9.53 Å². The third-order valence-corrected chi connectivity index (χ3v) is 3.23. The van der Waals surface area contributed by atoms with Gasteiger partial charge in [0.25, 0.3) is 5.91 Å². The average molecular weight is 289 g/mol. The molecule has 0 fully saturated rings.